The van der Waals surface area contributed by atoms with E-state index >= 15 is 0 Å². The van der Waals surface area contributed by atoms with Gasteiger partial charge in [-0.25, -0.2) is 4.98 Å². The van der Waals surface area contributed by atoms with Gasteiger partial charge in [-0.2, -0.15) is 12.1 Å². The number of ether oxygens (including phenoxy) is 1. The number of para-hydroxylation sites is 3. The minimum Gasteiger partial charge on any atom is -0.509 e. The van der Waals surface area contributed by atoms with Gasteiger partial charge in [0, 0.05) is 50.0 Å². The Labute approximate surface area is 325 Å². The van der Waals surface area contributed by atoms with E-state index in [0.29, 0.717) is 11.5 Å². The molecule has 260 valence electrons. The fourth-order valence-electron chi connectivity index (χ4n) is 8.04. The second kappa shape index (κ2) is 12.8. The quantitative estimate of drug-likeness (QED) is 0.165. The van der Waals surface area contributed by atoms with E-state index in [1.807, 2.05) is 42.6 Å². The SMILES string of the molecule is [Pt].[c-]1c(Oc2[c-]c3c(cc2)c2ccccc2n3-c2ccccn2)cccc1N1[CH-]n2c3ccccc3c3ccccc3c3ccccc3c3cccc1c32. The average Bonchev–Trinajstić information content (AvgIpc) is 3.78. The number of rotatable bonds is 4. The third kappa shape index (κ3) is 4.97. The summed E-state index contributed by atoms with van der Waals surface area (Å²) in [5.41, 5.74) is 6.16. The molecule has 0 spiro atoms. The van der Waals surface area contributed by atoms with Gasteiger partial charge < -0.3 is 18.8 Å². The van der Waals surface area contributed by atoms with Crippen LogP contribution < -0.4 is 9.64 Å². The molecule has 54 heavy (non-hydrogen) atoms. The molecule has 0 radical (unpaired) electrons. The molecule has 5 nitrogen and oxygen atoms in total. The third-order valence-corrected chi connectivity index (χ3v) is 10.3. The van der Waals surface area contributed by atoms with E-state index in [-0.39, 0.29) is 21.1 Å². The molecular formula is C48H29N4OPt-3. The summed E-state index contributed by atoms with van der Waals surface area (Å²) in [6.07, 6.45) is 1.82. The molecule has 6 heteroatoms. The van der Waals surface area contributed by atoms with Crippen LogP contribution in [0.2, 0.25) is 0 Å². The van der Waals surface area contributed by atoms with Crippen molar-refractivity contribution in [1.29, 1.82) is 0 Å². The first-order chi connectivity index (χ1) is 26.3. The van der Waals surface area contributed by atoms with E-state index in [1.54, 1.807) is 0 Å². The van der Waals surface area contributed by atoms with E-state index in [0.717, 1.165) is 50.0 Å². The predicted octanol–water partition coefficient (Wildman–Crippen LogP) is 12.2. The first-order valence-electron chi connectivity index (χ1n) is 17.7. The third-order valence-electron chi connectivity index (χ3n) is 10.3. The average molecular weight is 873 g/mol. The zero-order valence-electron chi connectivity index (χ0n) is 28.8. The van der Waals surface area contributed by atoms with E-state index in [9.17, 15) is 0 Å². The molecule has 0 aliphatic carbocycles. The van der Waals surface area contributed by atoms with Gasteiger partial charge in [0.15, 0.2) is 0 Å². The molecule has 0 bridgehead atoms. The zero-order valence-corrected chi connectivity index (χ0v) is 31.0. The number of hydrogen-bond acceptors (Lipinski definition) is 3. The van der Waals surface area contributed by atoms with Crippen LogP contribution >= 0.6 is 0 Å². The van der Waals surface area contributed by atoms with Crippen LogP contribution in [0.1, 0.15) is 0 Å². The van der Waals surface area contributed by atoms with Crippen LogP contribution in [0.3, 0.4) is 0 Å². The van der Waals surface area contributed by atoms with Crippen molar-refractivity contribution < 1.29 is 25.8 Å². The van der Waals surface area contributed by atoms with Crippen molar-refractivity contribution >= 4 is 76.5 Å². The fraction of sp³-hybridized carbons (Fsp3) is 0. The normalized spacial score (nSPS) is 12.0. The first kappa shape index (κ1) is 32.1. The summed E-state index contributed by atoms with van der Waals surface area (Å²) in [5.74, 6) is 2.04. The van der Waals surface area contributed by atoms with Crippen LogP contribution in [0.5, 0.6) is 11.5 Å². The molecule has 0 amide bonds. The van der Waals surface area contributed by atoms with Gasteiger partial charge in [-0.3, -0.25) is 0 Å². The number of aromatic nitrogens is 3. The Balaban J connectivity index is 0.00000361. The van der Waals surface area contributed by atoms with Gasteiger partial charge in [0.25, 0.3) is 0 Å². The Morgan fingerprint density at radius 3 is 1.81 bits per heavy atom. The van der Waals surface area contributed by atoms with Crippen LogP contribution in [-0.4, -0.2) is 14.1 Å². The van der Waals surface area contributed by atoms with E-state index in [1.165, 1.54) is 32.3 Å². The zero-order chi connectivity index (χ0) is 34.9. The van der Waals surface area contributed by atoms with Crippen LogP contribution in [0.25, 0.3) is 71.0 Å². The Kier molecular flexibility index (Phi) is 7.64. The van der Waals surface area contributed by atoms with E-state index in [2.05, 4.69) is 165 Å². The van der Waals surface area contributed by atoms with Gasteiger partial charge >= 0.3 is 0 Å². The second-order valence-corrected chi connectivity index (χ2v) is 13.3. The molecule has 0 N–H and O–H groups in total. The largest absolute Gasteiger partial charge is 0.509 e. The fourth-order valence-corrected chi connectivity index (χ4v) is 8.04. The molecule has 1 aliphatic rings. The molecule has 11 rings (SSSR count). The Morgan fingerprint density at radius 1 is 0.481 bits per heavy atom. The molecule has 4 heterocycles. The van der Waals surface area contributed by atoms with Gasteiger partial charge in [0.05, 0.1) is 0 Å². The van der Waals surface area contributed by atoms with Crippen LogP contribution in [0, 0.1) is 18.8 Å². The minimum absolute atomic E-state index is 0. The number of nitrogens with zero attached hydrogens (tertiary/aromatic N) is 4. The van der Waals surface area contributed by atoms with Crippen molar-refractivity contribution in [2.45, 2.75) is 0 Å². The monoisotopic (exact) mass is 872 g/mol. The molecule has 0 saturated heterocycles. The summed E-state index contributed by atoms with van der Waals surface area (Å²) in [4.78, 5) is 6.88. The summed E-state index contributed by atoms with van der Waals surface area (Å²) in [6, 6.07) is 64.3. The molecule has 0 atom stereocenters. The van der Waals surface area contributed by atoms with Crippen molar-refractivity contribution in [3.05, 3.63) is 189 Å². The van der Waals surface area contributed by atoms with Crippen molar-refractivity contribution in [3.8, 4) is 17.3 Å². The topological polar surface area (TPSA) is 35.2 Å². The summed E-state index contributed by atoms with van der Waals surface area (Å²) in [7, 11) is 0. The van der Waals surface area contributed by atoms with Gasteiger partial charge in [-0.1, -0.05) is 126 Å². The van der Waals surface area contributed by atoms with Gasteiger partial charge in [-0.15, -0.1) is 35.7 Å². The number of benzene rings is 7. The standard InChI is InChI=1S/C48H29N4O.Pt/c1-3-17-37-35(15-1)36-16-2-4-18-38(36)42-21-12-24-45-48(42)51(43-22-7-5-19-39(37)43)31-50(45)32-13-11-14-33(29-32)53-34-26-27-41-40-20-6-8-23-44(40)52(46(41)30-34)47-25-9-10-28-49-47;/h1-28,31H;/q-3;. The van der Waals surface area contributed by atoms with Crippen molar-refractivity contribution in [2.24, 2.45) is 0 Å². The van der Waals surface area contributed by atoms with Crippen molar-refractivity contribution in [3.63, 3.8) is 0 Å². The Morgan fingerprint density at radius 2 is 1.07 bits per heavy atom. The first-order valence-corrected chi connectivity index (χ1v) is 17.7. The van der Waals surface area contributed by atoms with Gasteiger partial charge in [-0.05, 0) is 74.2 Å². The summed E-state index contributed by atoms with van der Waals surface area (Å²) in [5, 5.41) is 9.41. The Bertz CT molecular complexity index is 3150. The van der Waals surface area contributed by atoms with Gasteiger partial charge in [0.1, 0.15) is 5.82 Å². The van der Waals surface area contributed by atoms with Crippen molar-refractivity contribution in [1.82, 2.24) is 14.1 Å². The molecule has 0 fully saturated rings. The predicted molar refractivity (Wildman–Crippen MR) is 217 cm³/mol. The maximum absolute atomic E-state index is 6.55. The van der Waals surface area contributed by atoms with Crippen LogP contribution in [0.4, 0.5) is 11.4 Å². The maximum atomic E-state index is 6.55. The molecular weight excluding hydrogens is 844 g/mol. The number of hydrogen-bond donors (Lipinski definition) is 0. The van der Waals surface area contributed by atoms with Gasteiger partial charge in [0.2, 0.25) is 0 Å². The molecule has 10 aromatic rings. The Hall–Kier alpha value is -6.55. The second-order valence-electron chi connectivity index (χ2n) is 13.3. The molecule has 3 aromatic heterocycles. The number of pyridine rings is 1. The van der Waals surface area contributed by atoms with Crippen molar-refractivity contribution in [2.75, 3.05) is 4.90 Å². The molecule has 7 aromatic carbocycles. The number of fused-ring (bicyclic) bond motifs is 10. The maximum Gasteiger partial charge on any atom is 0.135 e. The van der Waals surface area contributed by atoms with E-state index < -0.39 is 0 Å². The van der Waals surface area contributed by atoms with E-state index in [4.69, 9.17) is 4.74 Å². The summed E-state index contributed by atoms with van der Waals surface area (Å²) >= 11 is 0. The van der Waals surface area contributed by atoms with Crippen LogP contribution in [0.15, 0.2) is 170 Å². The molecule has 0 saturated carbocycles. The smallest absolute Gasteiger partial charge is 0.135 e. The summed E-state index contributed by atoms with van der Waals surface area (Å²) in [6.45, 7) is 2.18. The molecule has 1 aliphatic heterocycles. The van der Waals surface area contributed by atoms with Crippen LogP contribution in [-0.2, 0) is 21.1 Å². The summed E-state index contributed by atoms with van der Waals surface area (Å²) < 4.78 is 11.0. The minimum atomic E-state index is 0. The molecule has 0 unspecified atom stereocenters. The number of anilines is 2.